The van der Waals surface area contributed by atoms with Crippen LogP contribution in [0, 0.1) is 6.92 Å². The normalized spacial score (nSPS) is 16.6. The lowest BCUT2D eigenvalue weighted by atomic mass is 10.00. The third-order valence-electron chi connectivity index (χ3n) is 5.41. The molecule has 5 rings (SSSR count). The van der Waals surface area contributed by atoms with Gasteiger partial charge in [-0.3, -0.25) is 14.7 Å². The second-order valence-corrected chi connectivity index (χ2v) is 8.43. The largest absolute Gasteiger partial charge is 0.477 e. The molecule has 0 aliphatic carbocycles. The van der Waals surface area contributed by atoms with E-state index in [0.717, 1.165) is 29.0 Å². The highest BCUT2D eigenvalue weighted by atomic mass is 35.5. The standard InChI is InChI=1S/C24H18Cl2N2O3/c1-14-23-17(12-28(13-30-23)11-15-4-6-27-7-5-15)8-19-22(29)21(31-24(14)19)9-16-2-3-18(25)10-20(16)26/h2-10H,11-13H2,1H3/b21-9-. The Kier molecular flexibility index (Phi) is 5.18. The third kappa shape index (κ3) is 3.81. The molecule has 0 radical (unpaired) electrons. The SMILES string of the molecule is Cc1c2c(cc3c1O/C(=C\c1ccc(Cl)cc1Cl)C3=O)CN(Cc1ccncc1)CO2. The average Bonchev–Trinajstić information content (AvgIpc) is 3.07. The first kappa shape index (κ1) is 20.1. The van der Waals surface area contributed by atoms with Crippen LogP contribution in [-0.4, -0.2) is 22.4 Å². The second kappa shape index (κ2) is 8.00. The molecule has 0 saturated heterocycles. The van der Waals surface area contributed by atoms with Crippen molar-refractivity contribution >= 4 is 35.1 Å². The van der Waals surface area contributed by atoms with Crippen molar-refractivity contribution in [1.29, 1.82) is 0 Å². The van der Waals surface area contributed by atoms with E-state index in [4.69, 9.17) is 32.7 Å². The van der Waals surface area contributed by atoms with Gasteiger partial charge in [0.25, 0.3) is 0 Å². The number of allylic oxidation sites excluding steroid dienone is 1. The predicted molar refractivity (Wildman–Crippen MR) is 120 cm³/mol. The van der Waals surface area contributed by atoms with Crippen molar-refractivity contribution in [3.05, 3.63) is 92.4 Å². The van der Waals surface area contributed by atoms with Gasteiger partial charge in [-0.2, -0.15) is 0 Å². The van der Waals surface area contributed by atoms with Crippen LogP contribution in [0.25, 0.3) is 6.08 Å². The number of Topliss-reactive ketones (excluding diaryl/α,β-unsaturated/α-hetero) is 1. The number of hydrogen-bond donors (Lipinski definition) is 0. The quantitative estimate of drug-likeness (QED) is 0.479. The van der Waals surface area contributed by atoms with Gasteiger partial charge in [-0.1, -0.05) is 29.3 Å². The Morgan fingerprint density at radius 2 is 1.94 bits per heavy atom. The first-order valence-corrected chi connectivity index (χ1v) is 10.5. The van der Waals surface area contributed by atoms with E-state index in [1.807, 2.05) is 25.1 Å². The summed E-state index contributed by atoms with van der Waals surface area (Å²) in [6, 6.07) is 11.0. The summed E-state index contributed by atoms with van der Waals surface area (Å²) in [6.07, 6.45) is 5.21. The summed E-state index contributed by atoms with van der Waals surface area (Å²) < 4.78 is 12.0. The molecule has 0 amide bonds. The lowest BCUT2D eigenvalue weighted by Crippen LogP contribution is -2.32. The number of hydrogen-bond acceptors (Lipinski definition) is 5. The number of rotatable bonds is 3. The molecule has 5 nitrogen and oxygen atoms in total. The van der Waals surface area contributed by atoms with Gasteiger partial charge in [-0.15, -0.1) is 0 Å². The van der Waals surface area contributed by atoms with Crippen molar-refractivity contribution in [2.45, 2.75) is 20.0 Å². The molecule has 31 heavy (non-hydrogen) atoms. The van der Waals surface area contributed by atoms with E-state index in [2.05, 4.69) is 9.88 Å². The lowest BCUT2D eigenvalue weighted by Gasteiger charge is -2.30. The second-order valence-electron chi connectivity index (χ2n) is 7.59. The number of benzene rings is 2. The highest BCUT2D eigenvalue weighted by Crippen LogP contribution is 2.43. The first-order valence-electron chi connectivity index (χ1n) is 9.79. The van der Waals surface area contributed by atoms with Crippen LogP contribution < -0.4 is 9.47 Å². The monoisotopic (exact) mass is 452 g/mol. The molecule has 156 valence electrons. The Labute approximate surface area is 189 Å². The summed E-state index contributed by atoms with van der Waals surface area (Å²) >= 11 is 12.2. The van der Waals surface area contributed by atoms with Gasteiger partial charge in [0.2, 0.25) is 5.78 Å². The van der Waals surface area contributed by atoms with E-state index in [9.17, 15) is 4.79 Å². The number of nitrogens with zero attached hydrogens (tertiary/aromatic N) is 2. The molecule has 0 bridgehead atoms. The summed E-state index contributed by atoms with van der Waals surface area (Å²) in [5.41, 5.74) is 4.17. The van der Waals surface area contributed by atoms with Crippen LogP contribution in [0.5, 0.6) is 11.5 Å². The van der Waals surface area contributed by atoms with E-state index in [1.54, 1.807) is 36.7 Å². The third-order valence-corrected chi connectivity index (χ3v) is 5.97. The van der Waals surface area contributed by atoms with Crippen molar-refractivity contribution < 1.29 is 14.3 Å². The minimum Gasteiger partial charge on any atom is -0.477 e. The fourth-order valence-electron chi connectivity index (χ4n) is 3.90. The number of carbonyl (C=O) groups excluding carboxylic acids is 1. The Morgan fingerprint density at radius 1 is 1.13 bits per heavy atom. The Balaban J connectivity index is 1.44. The zero-order valence-electron chi connectivity index (χ0n) is 16.7. The van der Waals surface area contributed by atoms with Crippen LogP contribution in [0.15, 0.2) is 54.6 Å². The zero-order chi connectivity index (χ0) is 21.5. The number of ether oxygens (including phenoxy) is 2. The van der Waals surface area contributed by atoms with Gasteiger partial charge in [0.1, 0.15) is 18.2 Å². The maximum absolute atomic E-state index is 13.1. The van der Waals surface area contributed by atoms with Gasteiger partial charge < -0.3 is 9.47 Å². The van der Waals surface area contributed by atoms with Gasteiger partial charge >= 0.3 is 0 Å². The summed E-state index contributed by atoms with van der Waals surface area (Å²) in [7, 11) is 0. The van der Waals surface area contributed by atoms with Gasteiger partial charge in [0.05, 0.1) is 5.56 Å². The Morgan fingerprint density at radius 3 is 2.71 bits per heavy atom. The van der Waals surface area contributed by atoms with Crippen molar-refractivity contribution in [2.75, 3.05) is 6.73 Å². The van der Waals surface area contributed by atoms with Crippen LogP contribution >= 0.6 is 23.2 Å². The predicted octanol–water partition coefficient (Wildman–Crippen LogP) is 5.67. The Bertz CT molecular complexity index is 1230. The van der Waals surface area contributed by atoms with Crippen LogP contribution in [0.3, 0.4) is 0 Å². The average molecular weight is 453 g/mol. The highest BCUT2D eigenvalue weighted by Gasteiger charge is 2.33. The highest BCUT2D eigenvalue weighted by molar-refractivity contribution is 6.35. The maximum Gasteiger partial charge on any atom is 0.231 e. The molecule has 1 aromatic heterocycles. The first-order chi connectivity index (χ1) is 15.0. The molecular formula is C24H18Cl2N2O3. The van der Waals surface area contributed by atoms with Crippen LogP contribution in [0.2, 0.25) is 10.0 Å². The topological polar surface area (TPSA) is 51.7 Å². The molecule has 0 fully saturated rings. The van der Waals surface area contributed by atoms with E-state index in [-0.39, 0.29) is 11.5 Å². The summed E-state index contributed by atoms with van der Waals surface area (Å²) in [5, 5.41) is 0.990. The number of halogens is 2. The van der Waals surface area contributed by atoms with E-state index in [1.165, 1.54) is 0 Å². The zero-order valence-corrected chi connectivity index (χ0v) is 18.2. The van der Waals surface area contributed by atoms with Crippen LogP contribution in [-0.2, 0) is 13.1 Å². The van der Waals surface area contributed by atoms with Crippen molar-refractivity contribution in [2.24, 2.45) is 0 Å². The smallest absolute Gasteiger partial charge is 0.231 e. The van der Waals surface area contributed by atoms with Gasteiger partial charge in [-0.05, 0) is 54.5 Å². The molecule has 0 saturated carbocycles. The molecule has 3 heterocycles. The molecule has 7 heteroatoms. The summed E-state index contributed by atoms with van der Waals surface area (Å²) in [6.45, 7) is 3.80. The van der Waals surface area contributed by atoms with Crippen molar-refractivity contribution in [3.8, 4) is 11.5 Å². The molecule has 3 aromatic rings. The fraction of sp³-hybridized carbons (Fsp3) is 0.167. The number of ketones is 1. The minimum absolute atomic E-state index is 0.168. The van der Waals surface area contributed by atoms with E-state index >= 15 is 0 Å². The Hall–Kier alpha value is -2.86. The molecule has 2 aliphatic rings. The maximum atomic E-state index is 13.1. The van der Waals surface area contributed by atoms with Crippen LogP contribution in [0.1, 0.15) is 32.6 Å². The molecule has 0 spiro atoms. The van der Waals surface area contributed by atoms with Crippen LogP contribution in [0.4, 0.5) is 0 Å². The molecular weight excluding hydrogens is 435 g/mol. The van der Waals surface area contributed by atoms with Crippen molar-refractivity contribution in [3.63, 3.8) is 0 Å². The van der Waals surface area contributed by atoms with Gasteiger partial charge in [-0.25, -0.2) is 0 Å². The molecule has 0 unspecified atom stereocenters. The fourth-order valence-corrected chi connectivity index (χ4v) is 4.37. The summed E-state index contributed by atoms with van der Waals surface area (Å²) in [5.74, 6) is 1.39. The molecule has 2 aromatic carbocycles. The van der Waals surface area contributed by atoms with E-state index < -0.39 is 0 Å². The van der Waals surface area contributed by atoms with Crippen molar-refractivity contribution in [1.82, 2.24) is 9.88 Å². The molecule has 0 atom stereocenters. The minimum atomic E-state index is -0.168. The van der Waals surface area contributed by atoms with Gasteiger partial charge in [0, 0.05) is 46.7 Å². The molecule has 2 aliphatic heterocycles. The lowest BCUT2D eigenvalue weighted by molar-refractivity contribution is 0.0876. The number of pyridine rings is 1. The number of carbonyl (C=O) groups is 1. The van der Waals surface area contributed by atoms with Gasteiger partial charge in [0.15, 0.2) is 5.76 Å². The summed E-state index contributed by atoms with van der Waals surface area (Å²) in [4.78, 5) is 19.3. The van der Waals surface area contributed by atoms with E-state index in [0.29, 0.717) is 40.2 Å². The molecule has 0 N–H and O–H groups in total. The number of fused-ring (bicyclic) bond motifs is 2. The number of aromatic nitrogens is 1.